The summed E-state index contributed by atoms with van der Waals surface area (Å²) in [5.74, 6) is -0.0370. The summed E-state index contributed by atoms with van der Waals surface area (Å²) in [7, 11) is 0. The van der Waals surface area contributed by atoms with Gasteiger partial charge in [0.05, 0.1) is 0 Å². The number of aliphatic hydroxyl groups is 1. The van der Waals surface area contributed by atoms with E-state index in [-0.39, 0.29) is 24.8 Å². The Bertz CT molecular complexity index is 455. The molecule has 0 spiro atoms. The first-order chi connectivity index (χ1) is 10.1. The zero-order chi connectivity index (χ0) is 15.7. The Labute approximate surface area is 123 Å². The number of carbonyl (C=O) groups is 1. The van der Waals surface area contributed by atoms with Gasteiger partial charge < -0.3 is 25.1 Å². The number of aryl methyl sites for hydroxylation is 1. The van der Waals surface area contributed by atoms with E-state index in [1.807, 2.05) is 0 Å². The van der Waals surface area contributed by atoms with Crippen LogP contribution in [-0.2, 0) is 11.3 Å². The van der Waals surface area contributed by atoms with Crippen LogP contribution in [-0.4, -0.2) is 38.6 Å². The Balaban J connectivity index is 2.31. The van der Waals surface area contributed by atoms with Gasteiger partial charge in [0.1, 0.15) is 6.20 Å². The molecule has 1 amide bonds. The van der Waals surface area contributed by atoms with E-state index in [1.54, 1.807) is 0 Å². The molecule has 8 nitrogen and oxygen atoms in total. The van der Waals surface area contributed by atoms with Gasteiger partial charge in [-0.1, -0.05) is 13.3 Å². The Hall–Kier alpha value is -1.96. The van der Waals surface area contributed by atoms with E-state index in [1.165, 1.54) is 17.1 Å². The summed E-state index contributed by atoms with van der Waals surface area (Å²) in [5.41, 5.74) is 0. The van der Waals surface area contributed by atoms with Crippen molar-refractivity contribution in [3.63, 3.8) is 0 Å². The Morgan fingerprint density at radius 3 is 2.90 bits per heavy atom. The van der Waals surface area contributed by atoms with Gasteiger partial charge in [-0.3, -0.25) is 4.79 Å². The maximum Gasteiger partial charge on any atom is 0.381 e. The van der Waals surface area contributed by atoms with E-state index < -0.39 is 4.92 Å². The van der Waals surface area contributed by atoms with Gasteiger partial charge in [0.25, 0.3) is 0 Å². The number of hydrogen-bond acceptors (Lipinski definition) is 5. The van der Waals surface area contributed by atoms with Crippen LogP contribution >= 0.6 is 0 Å². The van der Waals surface area contributed by atoms with Crippen molar-refractivity contribution in [3.8, 4) is 0 Å². The fourth-order valence-electron chi connectivity index (χ4n) is 2.08. The van der Waals surface area contributed by atoms with Gasteiger partial charge in [0.15, 0.2) is 0 Å². The summed E-state index contributed by atoms with van der Waals surface area (Å²) < 4.78 is 1.52. The molecule has 118 valence electrons. The van der Waals surface area contributed by atoms with Crippen LogP contribution in [0.3, 0.4) is 0 Å². The molecule has 0 fully saturated rings. The predicted octanol–water partition coefficient (Wildman–Crippen LogP) is 1.10. The molecule has 0 saturated carbocycles. The third kappa shape index (κ3) is 6.35. The number of aromatic nitrogens is 2. The molecule has 1 aromatic heterocycles. The van der Waals surface area contributed by atoms with Gasteiger partial charge >= 0.3 is 5.82 Å². The van der Waals surface area contributed by atoms with Crippen LogP contribution in [0.15, 0.2) is 12.5 Å². The van der Waals surface area contributed by atoms with Gasteiger partial charge in [0, 0.05) is 26.1 Å². The molecule has 1 atom stereocenters. The molecule has 8 heteroatoms. The van der Waals surface area contributed by atoms with Gasteiger partial charge in [-0.2, -0.15) is 0 Å². The van der Waals surface area contributed by atoms with Gasteiger partial charge in [0.2, 0.25) is 12.2 Å². The largest absolute Gasteiger partial charge is 0.396 e. The number of rotatable bonds is 10. The summed E-state index contributed by atoms with van der Waals surface area (Å²) in [5, 5.41) is 22.3. The van der Waals surface area contributed by atoms with Gasteiger partial charge in [-0.25, -0.2) is 0 Å². The first-order valence-corrected chi connectivity index (χ1v) is 7.10. The van der Waals surface area contributed by atoms with Crippen LogP contribution in [0.25, 0.3) is 0 Å². The second kappa shape index (κ2) is 9.06. The lowest BCUT2D eigenvalue weighted by Crippen LogP contribution is -2.30. The summed E-state index contributed by atoms with van der Waals surface area (Å²) in [6, 6.07) is 0. The molecule has 0 aromatic carbocycles. The van der Waals surface area contributed by atoms with Crippen molar-refractivity contribution in [1.82, 2.24) is 14.9 Å². The molecule has 1 heterocycles. The van der Waals surface area contributed by atoms with E-state index in [9.17, 15) is 14.9 Å². The third-order valence-electron chi connectivity index (χ3n) is 3.23. The number of carbonyl (C=O) groups excluding carboxylic acids is 1. The van der Waals surface area contributed by atoms with Crippen LogP contribution in [0.1, 0.15) is 32.6 Å². The topological polar surface area (TPSA) is 110 Å². The lowest BCUT2D eigenvalue weighted by Gasteiger charge is -2.15. The molecule has 21 heavy (non-hydrogen) atoms. The second-order valence-electron chi connectivity index (χ2n) is 4.95. The molecular weight excluding hydrogens is 276 g/mol. The summed E-state index contributed by atoms with van der Waals surface area (Å²) in [4.78, 5) is 25.3. The molecular formula is C13H22N4O4. The number of imidazole rings is 1. The Kier molecular flexibility index (Phi) is 7.38. The van der Waals surface area contributed by atoms with Crippen molar-refractivity contribution in [2.75, 3.05) is 13.2 Å². The molecule has 1 aromatic rings. The highest BCUT2D eigenvalue weighted by molar-refractivity contribution is 5.75. The molecule has 0 radical (unpaired) electrons. The minimum atomic E-state index is -0.569. The van der Waals surface area contributed by atoms with Crippen molar-refractivity contribution in [2.45, 2.75) is 39.2 Å². The van der Waals surface area contributed by atoms with Crippen LogP contribution in [0.2, 0.25) is 0 Å². The van der Waals surface area contributed by atoms with E-state index >= 15 is 0 Å². The second-order valence-corrected chi connectivity index (χ2v) is 4.95. The van der Waals surface area contributed by atoms with Crippen molar-refractivity contribution in [2.24, 2.45) is 5.92 Å². The Morgan fingerprint density at radius 2 is 2.33 bits per heavy atom. The lowest BCUT2D eigenvalue weighted by atomic mass is 10.0. The maximum atomic E-state index is 11.7. The zero-order valence-electron chi connectivity index (χ0n) is 12.2. The quantitative estimate of drug-likeness (QED) is 0.496. The van der Waals surface area contributed by atoms with Crippen molar-refractivity contribution < 1.29 is 14.8 Å². The average Bonchev–Trinajstić information content (AvgIpc) is 2.92. The number of nitrogens with one attached hydrogen (secondary N) is 1. The van der Waals surface area contributed by atoms with E-state index in [4.69, 9.17) is 5.11 Å². The molecule has 0 aliphatic carbocycles. The van der Waals surface area contributed by atoms with Gasteiger partial charge in [-0.15, -0.1) is 0 Å². The molecule has 2 N–H and O–H groups in total. The number of nitrogens with zero attached hydrogens (tertiary/aromatic N) is 3. The number of hydrogen-bond donors (Lipinski definition) is 2. The summed E-state index contributed by atoms with van der Waals surface area (Å²) >= 11 is 0. The van der Waals surface area contributed by atoms with E-state index in [0.29, 0.717) is 25.4 Å². The highest BCUT2D eigenvalue weighted by atomic mass is 16.6. The van der Waals surface area contributed by atoms with Crippen LogP contribution in [0, 0.1) is 16.0 Å². The Morgan fingerprint density at radius 1 is 1.57 bits per heavy atom. The fraction of sp³-hybridized carbons (Fsp3) is 0.692. The molecule has 0 aliphatic rings. The molecule has 1 unspecified atom stereocenters. The summed E-state index contributed by atoms with van der Waals surface area (Å²) in [6.45, 7) is 3.10. The highest BCUT2D eigenvalue weighted by Gasteiger charge is 2.12. The molecule has 0 bridgehead atoms. The minimum absolute atomic E-state index is 0.106. The number of aliphatic hydroxyl groups excluding tert-OH is 1. The fourth-order valence-corrected chi connectivity index (χ4v) is 2.08. The SMILES string of the molecule is CCCC(CCO)CNC(=O)CCn1cnc([N+](=O)[O-])c1. The molecule has 0 saturated heterocycles. The monoisotopic (exact) mass is 298 g/mol. The lowest BCUT2D eigenvalue weighted by molar-refractivity contribution is -0.389. The molecule has 0 aliphatic heterocycles. The molecule has 1 rings (SSSR count). The van der Waals surface area contributed by atoms with E-state index in [0.717, 1.165) is 12.8 Å². The maximum absolute atomic E-state index is 11.7. The van der Waals surface area contributed by atoms with Crippen molar-refractivity contribution in [1.29, 1.82) is 0 Å². The number of amides is 1. The summed E-state index contributed by atoms with van der Waals surface area (Å²) in [6.07, 6.45) is 5.55. The smallest absolute Gasteiger partial charge is 0.381 e. The van der Waals surface area contributed by atoms with Crippen LogP contribution in [0.5, 0.6) is 0 Å². The first kappa shape index (κ1) is 17.1. The van der Waals surface area contributed by atoms with Crippen LogP contribution < -0.4 is 5.32 Å². The van der Waals surface area contributed by atoms with Crippen molar-refractivity contribution >= 4 is 11.7 Å². The highest BCUT2D eigenvalue weighted by Crippen LogP contribution is 2.09. The third-order valence-corrected chi connectivity index (χ3v) is 3.23. The number of nitro groups is 1. The standard InChI is InChI=1S/C13H22N4O4/c1-2-3-11(5-7-18)8-14-13(19)4-6-16-9-12(15-10-16)17(20)21/h9-11,18H,2-8H2,1H3,(H,14,19). The van der Waals surface area contributed by atoms with Crippen LogP contribution in [0.4, 0.5) is 5.82 Å². The average molecular weight is 298 g/mol. The van der Waals surface area contributed by atoms with Crippen molar-refractivity contribution in [3.05, 3.63) is 22.6 Å². The van der Waals surface area contributed by atoms with E-state index in [2.05, 4.69) is 17.2 Å². The van der Waals surface area contributed by atoms with Gasteiger partial charge in [-0.05, 0) is 28.7 Å². The first-order valence-electron chi connectivity index (χ1n) is 7.10. The zero-order valence-corrected chi connectivity index (χ0v) is 12.2. The minimum Gasteiger partial charge on any atom is -0.396 e. The predicted molar refractivity (Wildman–Crippen MR) is 76.6 cm³/mol. The normalized spacial score (nSPS) is 12.1.